The summed E-state index contributed by atoms with van der Waals surface area (Å²) in [5.74, 6) is 0.737. The first-order valence-corrected chi connectivity index (χ1v) is 5.41. The minimum absolute atomic E-state index is 0.737. The SMILES string of the molecule is CN(C)c1ccccc1[N]Nc1ccccn1. The van der Waals surface area contributed by atoms with E-state index in [0.29, 0.717) is 0 Å². The van der Waals surface area contributed by atoms with E-state index in [1.165, 1.54) is 0 Å². The maximum Gasteiger partial charge on any atom is 0.146 e. The molecule has 0 fully saturated rings. The normalized spacial score (nSPS) is 9.76. The molecule has 87 valence electrons. The van der Waals surface area contributed by atoms with Crippen molar-refractivity contribution in [3.8, 4) is 0 Å². The molecule has 1 aromatic carbocycles. The molecular formula is C13H15N4. The Kier molecular flexibility index (Phi) is 3.45. The van der Waals surface area contributed by atoms with E-state index in [2.05, 4.69) is 15.8 Å². The molecule has 0 amide bonds. The first kappa shape index (κ1) is 11.3. The minimum atomic E-state index is 0.737. The summed E-state index contributed by atoms with van der Waals surface area (Å²) in [6, 6.07) is 13.6. The van der Waals surface area contributed by atoms with Gasteiger partial charge in [0.15, 0.2) is 0 Å². The topological polar surface area (TPSA) is 42.3 Å². The zero-order valence-corrected chi connectivity index (χ0v) is 9.96. The lowest BCUT2D eigenvalue weighted by molar-refractivity contribution is 1.00. The summed E-state index contributed by atoms with van der Waals surface area (Å²) in [6.07, 6.45) is 1.73. The lowest BCUT2D eigenvalue weighted by Crippen LogP contribution is -2.14. The predicted octanol–water partition coefficient (Wildman–Crippen LogP) is 2.41. The lowest BCUT2D eigenvalue weighted by atomic mass is 10.2. The van der Waals surface area contributed by atoms with Crippen LogP contribution in [0.5, 0.6) is 0 Å². The van der Waals surface area contributed by atoms with Crippen LogP contribution in [-0.2, 0) is 0 Å². The Morgan fingerprint density at radius 1 is 1.06 bits per heavy atom. The van der Waals surface area contributed by atoms with E-state index in [4.69, 9.17) is 0 Å². The maximum atomic E-state index is 4.34. The molecule has 1 aromatic heterocycles. The largest absolute Gasteiger partial charge is 0.376 e. The van der Waals surface area contributed by atoms with Crippen LogP contribution in [0.25, 0.3) is 0 Å². The second-order valence-electron chi connectivity index (χ2n) is 3.82. The van der Waals surface area contributed by atoms with Gasteiger partial charge >= 0.3 is 0 Å². The molecule has 1 N–H and O–H groups in total. The van der Waals surface area contributed by atoms with Gasteiger partial charge in [-0.25, -0.2) is 4.98 Å². The van der Waals surface area contributed by atoms with Crippen LogP contribution in [0, 0.1) is 0 Å². The number of nitrogens with one attached hydrogen (secondary N) is 1. The summed E-state index contributed by atoms with van der Waals surface area (Å²) in [5, 5.41) is 0. The van der Waals surface area contributed by atoms with Gasteiger partial charge in [-0.05, 0) is 24.3 Å². The highest BCUT2D eigenvalue weighted by molar-refractivity contribution is 5.66. The van der Waals surface area contributed by atoms with Crippen molar-refractivity contribution in [3.63, 3.8) is 0 Å². The molecule has 0 spiro atoms. The fourth-order valence-corrected chi connectivity index (χ4v) is 1.48. The molecule has 0 unspecified atom stereocenters. The minimum Gasteiger partial charge on any atom is -0.376 e. The molecule has 0 bridgehead atoms. The highest BCUT2D eigenvalue weighted by atomic mass is 15.4. The molecule has 17 heavy (non-hydrogen) atoms. The second kappa shape index (κ2) is 5.21. The third-order valence-electron chi connectivity index (χ3n) is 2.32. The second-order valence-corrected chi connectivity index (χ2v) is 3.82. The monoisotopic (exact) mass is 227 g/mol. The van der Waals surface area contributed by atoms with Crippen molar-refractivity contribution in [3.05, 3.63) is 48.7 Å². The third kappa shape index (κ3) is 2.87. The summed E-state index contributed by atoms with van der Waals surface area (Å²) in [4.78, 5) is 6.18. The number of aromatic nitrogens is 1. The maximum absolute atomic E-state index is 4.34. The highest BCUT2D eigenvalue weighted by Crippen LogP contribution is 2.23. The Hall–Kier alpha value is -2.23. The number of hydrogen-bond acceptors (Lipinski definition) is 3. The van der Waals surface area contributed by atoms with Crippen molar-refractivity contribution >= 4 is 17.2 Å². The molecular weight excluding hydrogens is 212 g/mol. The van der Waals surface area contributed by atoms with Gasteiger partial charge in [-0.2, -0.15) is 5.43 Å². The van der Waals surface area contributed by atoms with Crippen molar-refractivity contribution in [2.75, 3.05) is 24.4 Å². The van der Waals surface area contributed by atoms with E-state index in [-0.39, 0.29) is 0 Å². The van der Waals surface area contributed by atoms with Crippen molar-refractivity contribution < 1.29 is 0 Å². The van der Waals surface area contributed by atoms with E-state index < -0.39 is 0 Å². The number of hydrogen-bond donors (Lipinski definition) is 1. The Bertz CT molecular complexity index is 468. The quantitative estimate of drug-likeness (QED) is 0.816. The van der Waals surface area contributed by atoms with Crippen LogP contribution in [0.3, 0.4) is 0 Å². The number of nitrogens with zero attached hydrogens (tertiary/aromatic N) is 3. The molecule has 0 atom stereocenters. The molecule has 1 heterocycles. The van der Waals surface area contributed by atoms with Gasteiger partial charge < -0.3 is 4.90 Å². The molecule has 0 saturated carbocycles. The smallest absolute Gasteiger partial charge is 0.146 e. The number of pyridine rings is 1. The van der Waals surface area contributed by atoms with Gasteiger partial charge in [-0.3, -0.25) is 5.43 Å². The summed E-state index contributed by atoms with van der Waals surface area (Å²) in [6.45, 7) is 0. The molecule has 0 saturated heterocycles. The van der Waals surface area contributed by atoms with Crippen molar-refractivity contribution in [1.82, 2.24) is 10.4 Å². The van der Waals surface area contributed by atoms with Crippen molar-refractivity contribution in [2.24, 2.45) is 0 Å². The summed E-state index contributed by atoms with van der Waals surface area (Å²) >= 11 is 0. The van der Waals surface area contributed by atoms with Gasteiger partial charge in [0.2, 0.25) is 0 Å². The van der Waals surface area contributed by atoms with E-state index in [1.54, 1.807) is 6.20 Å². The Balaban J connectivity index is 2.09. The van der Waals surface area contributed by atoms with E-state index in [1.807, 2.05) is 61.5 Å². The molecule has 0 aliphatic carbocycles. The van der Waals surface area contributed by atoms with Gasteiger partial charge in [0, 0.05) is 20.3 Å². The Morgan fingerprint density at radius 2 is 1.82 bits per heavy atom. The molecule has 4 nitrogen and oxygen atoms in total. The van der Waals surface area contributed by atoms with E-state index in [0.717, 1.165) is 17.2 Å². The van der Waals surface area contributed by atoms with Gasteiger partial charge in [-0.1, -0.05) is 18.2 Å². The lowest BCUT2D eigenvalue weighted by Gasteiger charge is -2.16. The predicted molar refractivity (Wildman–Crippen MR) is 70.4 cm³/mol. The Labute approximate surface area is 101 Å². The first-order chi connectivity index (χ1) is 8.27. The number of benzene rings is 1. The average molecular weight is 227 g/mol. The van der Waals surface area contributed by atoms with Crippen LogP contribution in [0.4, 0.5) is 17.2 Å². The Morgan fingerprint density at radius 3 is 2.53 bits per heavy atom. The fraction of sp³-hybridized carbons (Fsp3) is 0.154. The van der Waals surface area contributed by atoms with Crippen LogP contribution in [-0.4, -0.2) is 19.1 Å². The van der Waals surface area contributed by atoms with Gasteiger partial charge in [0.05, 0.1) is 5.69 Å². The van der Waals surface area contributed by atoms with Crippen LogP contribution < -0.4 is 15.8 Å². The molecule has 0 aliphatic heterocycles. The summed E-state index contributed by atoms with van der Waals surface area (Å²) in [7, 11) is 3.99. The van der Waals surface area contributed by atoms with Crippen molar-refractivity contribution in [1.29, 1.82) is 0 Å². The average Bonchev–Trinajstić information content (AvgIpc) is 2.38. The van der Waals surface area contributed by atoms with Crippen LogP contribution >= 0.6 is 0 Å². The van der Waals surface area contributed by atoms with Gasteiger partial charge in [0.25, 0.3) is 0 Å². The molecule has 1 radical (unpaired) electrons. The standard InChI is InChI=1S/C13H15N4/c1-17(2)12-8-4-3-7-11(12)15-16-13-9-5-6-10-14-13/h3-10H,1-2H3,(H,14,16). The zero-order valence-electron chi connectivity index (χ0n) is 9.96. The molecule has 2 rings (SSSR count). The highest BCUT2D eigenvalue weighted by Gasteiger charge is 2.04. The fourth-order valence-electron chi connectivity index (χ4n) is 1.48. The summed E-state index contributed by atoms with van der Waals surface area (Å²) < 4.78 is 0. The third-order valence-corrected chi connectivity index (χ3v) is 2.32. The molecule has 2 aromatic rings. The molecule has 0 aliphatic rings. The van der Waals surface area contributed by atoms with Gasteiger partial charge in [-0.15, -0.1) is 0 Å². The number of rotatable bonds is 4. The van der Waals surface area contributed by atoms with Gasteiger partial charge in [0.1, 0.15) is 11.5 Å². The number of anilines is 2. The van der Waals surface area contributed by atoms with Crippen LogP contribution in [0.15, 0.2) is 48.7 Å². The number of para-hydroxylation sites is 2. The summed E-state index contributed by atoms with van der Waals surface area (Å²) in [5.41, 5.74) is 9.24. The first-order valence-electron chi connectivity index (χ1n) is 5.41. The van der Waals surface area contributed by atoms with E-state index >= 15 is 0 Å². The van der Waals surface area contributed by atoms with E-state index in [9.17, 15) is 0 Å². The molecule has 4 heteroatoms. The zero-order chi connectivity index (χ0) is 12.1. The van der Waals surface area contributed by atoms with Crippen LogP contribution in [0.1, 0.15) is 0 Å². The van der Waals surface area contributed by atoms with Crippen LogP contribution in [0.2, 0.25) is 0 Å². The van der Waals surface area contributed by atoms with Crippen molar-refractivity contribution in [2.45, 2.75) is 0 Å².